The first-order valence-corrected chi connectivity index (χ1v) is 4.27. The van der Waals surface area contributed by atoms with Crippen LogP contribution in [-0.2, 0) is 0 Å². The molecule has 64 valence electrons. The number of ether oxygens (including phenoxy) is 2. The Morgan fingerprint density at radius 2 is 2.17 bits per heavy atom. The molecule has 0 saturated heterocycles. The highest BCUT2D eigenvalue weighted by Crippen LogP contribution is 2.54. The molecule has 12 heavy (non-hydrogen) atoms. The van der Waals surface area contributed by atoms with Crippen LogP contribution in [0.25, 0.3) is 0 Å². The highest BCUT2D eigenvalue weighted by molar-refractivity contribution is 5.66. The van der Waals surface area contributed by atoms with E-state index in [0.717, 1.165) is 30.3 Å². The van der Waals surface area contributed by atoms with Crippen LogP contribution in [0.15, 0.2) is 12.1 Å². The van der Waals surface area contributed by atoms with Gasteiger partial charge in [0.05, 0.1) is 6.61 Å². The molecule has 0 radical (unpaired) electrons. The van der Waals surface area contributed by atoms with E-state index in [4.69, 9.17) is 9.47 Å². The topological polar surface area (TPSA) is 21.8 Å². The van der Waals surface area contributed by atoms with Crippen LogP contribution in [0.3, 0.4) is 0 Å². The lowest BCUT2D eigenvalue weighted by Gasteiger charge is -2.00. The van der Waals surface area contributed by atoms with Crippen molar-refractivity contribution >= 4 is 0 Å². The zero-order valence-corrected chi connectivity index (χ0v) is 7.39. The molecule has 1 aromatic carbocycles. The Hall–Kier alpha value is -1.18. The normalized spacial score (nSPS) is 11.8. The summed E-state index contributed by atoms with van der Waals surface area (Å²) in [6, 6.07) is 3.99. The average molecular weight is 164 g/mol. The van der Waals surface area contributed by atoms with Gasteiger partial charge in [-0.1, -0.05) is 13.0 Å². The molecule has 0 spiro atoms. The van der Waals surface area contributed by atoms with Gasteiger partial charge < -0.3 is 9.47 Å². The van der Waals surface area contributed by atoms with Gasteiger partial charge in [-0.3, -0.25) is 0 Å². The van der Waals surface area contributed by atoms with Crippen LogP contribution in [0, 0.1) is 6.92 Å². The monoisotopic (exact) mass is 164 g/mol. The summed E-state index contributed by atoms with van der Waals surface area (Å²) in [7, 11) is 0. The van der Waals surface area contributed by atoms with Gasteiger partial charge in [0.1, 0.15) is 0 Å². The SMILES string of the molecule is CCCOc1ccc(C)c2c1O2. The smallest absolute Gasteiger partial charge is 0.212 e. The summed E-state index contributed by atoms with van der Waals surface area (Å²) in [5, 5.41) is 0. The van der Waals surface area contributed by atoms with E-state index in [-0.39, 0.29) is 0 Å². The van der Waals surface area contributed by atoms with Crippen LogP contribution in [0.1, 0.15) is 18.9 Å². The van der Waals surface area contributed by atoms with E-state index in [0.29, 0.717) is 0 Å². The fourth-order valence-electron chi connectivity index (χ4n) is 1.18. The van der Waals surface area contributed by atoms with Crippen molar-refractivity contribution in [3.63, 3.8) is 0 Å². The van der Waals surface area contributed by atoms with Gasteiger partial charge in [0.15, 0.2) is 11.5 Å². The fraction of sp³-hybridized carbons (Fsp3) is 0.400. The van der Waals surface area contributed by atoms with Crippen LogP contribution >= 0.6 is 0 Å². The fourth-order valence-corrected chi connectivity index (χ4v) is 1.18. The minimum Gasteiger partial charge on any atom is -0.490 e. The van der Waals surface area contributed by atoms with Gasteiger partial charge in [0.2, 0.25) is 5.75 Å². The minimum atomic E-state index is 0.763. The molecule has 2 heteroatoms. The minimum absolute atomic E-state index is 0.763. The van der Waals surface area contributed by atoms with Gasteiger partial charge in [0.25, 0.3) is 0 Å². The molecule has 0 N–H and O–H groups in total. The first-order chi connectivity index (χ1) is 5.83. The molecule has 0 aliphatic carbocycles. The molecule has 0 aromatic heterocycles. The zero-order chi connectivity index (χ0) is 8.55. The second-order valence-electron chi connectivity index (χ2n) is 2.99. The van der Waals surface area contributed by atoms with Crippen LogP contribution in [-0.4, -0.2) is 6.61 Å². The Kier molecular flexibility index (Phi) is 1.68. The van der Waals surface area contributed by atoms with Crippen molar-refractivity contribution in [3.05, 3.63) is 17.7 Å². The summed E-state index contributed by atoms with van der Waals surface area (Å²) in [6.45, 7) is 4.89. The van der Waals surface area contributed by atoms with Crippen molar-refractivity contribution in [1.29, 1.82) is 0 Å². The van der Waals surface area contributed by atoms with Crippen molar-refractivity contribution < 1.29 is 9.47 Å². The van der Waals surface area contributed by atoms with Gasteiger partial charge in [-0.25, -0.2) is 0 Å². The van der Waals surface area contributed by atoms with E-state index in [1.807, 2.05) is 19.1 Å². The third-order valence-electron chi connectivity index (χ3n) is 1.90. The molecule has 0 unspecified atom stereocenters. The quantitative estimate of drug-likeness (QED) is 0.650. The third kappa shape index (κ3) is 1.13. The van der Waals surface area contributed by atoms with Gasteiger partial charge in [0, 0.05) is 0 Å². The summed E-state index contributed by atoms with van der Waals surface area (Å²) in [4.78, 5) is 0. The number of benzene rings is 1. The number of rotatable bonds is 3. The number of fused-ring (bicyclic) bond motifs is 1. The van der Waals surface area contributed by atoms with E-state index in [1.54, 1.807) is 0 Å². The zero-order valence-electron chi connectivity index (χ0n) is 7.39. The second kappa shape index (κ2) is 2.70. The maximum Gasteiger partial charge on any atom is 0.212 e. The first kappa shape index (κ1) is 7.47. The van der Waals surface area contributed by atoms with Crippen LogP contribution < -0.4 is 9.47 Å². The lowest BCUT2D eigenvalue weighted by atomic mass is 10.2. The Balaban J connectivity index is 2.15. The molecule has 2 rings (SSSR count). The molecule has 2 nitrogen and oxygen atoms in total. The number of hydrogen-bond acceptors (Lipinski definition) is 2. The Labute approximate surface area is 72.1 Å². The summed E-state index contributed by atoms with van der Waals surface area (Å²) in [5.74, 6) is 2.82. The third-order valence-corrected chi connectivity index (χ3v) is 1.90. The molecule has 0 amide bonds. The molecule has 0 atom stereocenters. The lowest BCUT2D eigenvalue weighted by molar-refractivity contribution is 0.314. The molecule has 0 saturated carbocycles. The molecule has 0 fully saturated rings. The summed E-state index contributed by atoms with van der Waals surface area (Å²) in [5.41, 5.74) is 1.19. The van der Waals surface area contributed by atoms with Gasteiger partial charge in [-0.15, -0.1) is 0 Å². The standard InChI is InChI=1S/C10H12O2/c1-3-6-11-8-5-4-7(2)9-10(8)12-9/h4-5H,3,6H2,1-2H3. The number of aryl methyl sites for hydroxylation is 1. The predicted octanol–water partition coefficient (Wildman–Crippen LogP) is 2.89. The van der Waals surface area contributed by atoms with Crippen molar-refractivity contribution in [1.82, 2.24) is 0 Å². The molecule has 1 aromatic rings. The first-order valence-electron chi connectivity index (χ1n) is 4.27. The summed E-state index contributed by atoms with van der Waals surface area (Å²) in [6.07, 6.45) is 1.03. The van der Waals surface area contributed by atoms with Crippen LogP contribution in [0.5, 0.6) is 17.2 Å². The van der Waals surface area contributed by atoms with E-state index in [1.165, 1.54) is 5.56 Å². The van der Waals surface area contributed by atoms with E-state index < -0.39 is 0 Å². The highest BCUT2D eigenvalue weighted by Gasteiger charge is 2.27. The molecular formula is C10H12O2. The van der Waals surface area contributed by atoms with Gasteiger partial charge in [-0.05, 0) is 25.0 Å². The second-order valence-corrected chi connectivity index (χ2v) is 2.99. The van der Waals surface area contributed by atoms with E-state index in [9.17, 15) is 0 Å². The van der Waals surface area contributed by atoms with Crippen molar-refractivity contribution in [2.75, 3.05) is 6.61 Å². The molecule has 1 aliphatic heterocycles. The molecule has 0 bridgehead atoms. The lowest BCUT2D eigenvalue weighted by Crippen LogP contribution is -1.93. The Morgan fingerprint density at radius 1 is 1.33 bits per heavy atom. The van der Waals surface area contributed by atoms with E-state index in [2.05, 4.69) is 6.92 Å². The van der Waals surface area contributed by atoms with Gasteiger partial charge in [-0.2, -0.15) is 0 Å². The average Bonchev–Trinajstić information content (AvgIpc) is 2.83. The maximum atomic E-state index is 5.47. The van der Waals surface area contributed by atoms with Crippen LogP contribution in [0.4, 0.5) is 0 Å². The Morgan fingerprint density at radius 3 is 2.92 bits per heavy atom. The van der Waals surface area contributed by atoms with Crippen molar-refractivity contribution in [3.8, 4) is 17.2 Å². The highest BCUT2D eigenvalue weighted by atomic mass is 16.6. The molecular weight excluding hydrogens is 152 g/mol. The molecule has 1 aliphatic rings. The summed E-state index contributed by atoms with van der Waals surface area (Å²) < 4.78 is 10.7. The number of hydrogen-bond donors (Lipinski definition) is 0. The maximum absolute atomic E-state index is 5.47. The van der Waals surface area contributed by atoms with E-state index >= 15 is 0 Å². The van der Waals surface area contributed by atoms with Crippen LogP contribution in [0.2, 0.25) is 0 Å². The molecule has 1 heterocycles. The largest absolute Gasteiger partial charge is 0.490 e. The van der Waals surface area contributed by atoms with Crippen molar-refractivity contribution in [2.45, 2.75) is 20.3 Å². The van der Waals surface area contributed by atoms with Gasteiger partial charge >= 0.3 is 0 Å². The predicted molar refractivity (Wildman–Crippen MR) is 47.0 cm³/mol. The van der Waals surface area contributed by atoms with Crippen molar-refractivity contribution in [2.24, 2.45) is 0 Å². The Bertz CT molecular complexity index is 305. The summed E-state index contributed by atoms with van der Waals surface area (Å²) >= 11 is 0.